The summed E-state index contributed by atoms with van der Waals surface area (Å²) in [6.45, 7) is 0. The summed E-state index contributed by atoms with van der Waals surface area (Å²) in [4.78, 5) is 3.15. The van der Waals surface area contributed by atoms with E-state index < -0.39 is 0 Å². The molecule has 1 fully saturated rings. The van der Waals surface area contributed by atoms with E-state index in [4.69, 9.17) is 11.3 Å². The van der Waals surface area contributed by atoms with E-state index >= 15 is 0 Å². The molecule has 3 nitrogen and oxygen atoms in total. The summed E-state index contributed by atoms with van der Waals surface area (Å²) in [5.41, 5.74) is 15.2. The Morgan fingerprint density at radius 2 is 1.80 bits per heavy atom. The Balaban J connectivity index is 2.14. The smallest absolute Gasteiger partial charge is 0.314 e. The number of hydrogen-bond donors (Lipinski definition) is 1. The monoisotopic (exact) mass is 203 g/mol. The van der Waals surface area contributed by atoms with E-state index in [9.17, 15) is 0 Å². The SMILES string of the molecule is [N-]=[N+]=C1C=CC(N)(C2CCCCC2)C=C1. The molecule has 0 heterocycles. The van der Waals surface area contributed by atoms with Crippen molar-refractivity contribution in [2.75, 3.05) is 0 Å². The molecule has 0 aromatic rings. The fourth-order valence-corrected chi connectivity index (χ4v) is 2.51. The van der Waals surface area contributed by atoms with Crippen molar-refractivity contribution in [3.05, 3.63) is 29.8 Å². The van der Waals surface area contributed by atoms with Crippen LogP contribution in [0.4, 0.5) is 0 Å². The van der Waals surface area contributed by atoms with Crippen LogP contribution in [0.3, 0.4) is 0 Å². The molecule has 0 aromatic heterocycles. The highest BCUT2D eigenvalue weighted by Gasteiger charge is 2.33. The number of rotatable bonds is 1. The summed E-state index contributed by atoms with van der Waals surface area (Å²) in [7, 11) is 0. The zero-order valence-corrected chi connectivity index (χ0v) is 8.89. The Morgan fingerprint density at radius 1 is 1.20 bits per heavy atom. The van der Waals surface area contributed by atoms with Crippen molar-refractivity contribution in [1.29, 1.82) is 0 Å². The van der Waals surface area contributed by atoms with Crippen molar-refractivity contribution in [3.63, 3.8) is 0 Å². The molecule has 2 rings (SSSR count). The lowest BCUT2D eigenvalue weighted by Crippen LogP contribution is -2.45. The summed E-state index contributed by atoms with van der Waals surface area (Å²) in [5.74, 6) is 0.541. The third kappa shape index (κ3) is 2.09. The molecule has 0 bridgehead atoms. The first kappa shape index (κ1) is 10.3. The molecule has 3 heteroatoms. The van der Waals surface area contributed by atoms with E-state index in [0.29, 0.717) is 11.6 Å². The van der Waals surface area contributed by atoms with Gasteiger partial charge in [-0.2, -0.15) is 4.79 Å². The molecule has 0 saturated heterocycles. The van der Waals surface area contributed by atoms with Crippen LogP contribution in [-0.2, 0) is 0 Å². The van der Waals surface area contributed by atoms with Crippen LogP contribution in [0.1, 0.15) is 32.1 Å². The normalized spacial score (nSPS) is 31.7. The second kappa shape index (κ2) is 4.13. The molecule has 2 N–H and O–H groups in total. The third-order valence-corrected chi connectivity index (χ3v) is 3.51. The van der Waals surface area contributed by atoms with Crippen LogP contribution in [0.15, 0.2) is 24.3 Å². The summed E-state index contributed by atoms with van der Waals surface area (Å²) in [5, 5.41) is 0. The fraction of sp³-hybridized carbons (Fsp3) is 0.583. The average molecular weight is 203 g/mol. The van der Waals surface area contributed by atoms with E-state index in [0.717, 1.165) is 0 Å². The van der Waals surface area contributed by atoms with Crippen molar-refractivity contribution in [1.82, 2.24) is 0 Å². The summed E-state index contributed by atoms with van der Waals surface area (Å²) in [6, 6.07) is 0. The van der Waals surface area contributed by atoms with Gasteiger partial charge in [0.15, 0.2) is 0 Å². The van der Waals surface area contributed by atoms with Crippen LogP contribution in [0.5, 0.6) is 0 Å². The Morgan fingerprint density at radius 3 is 2.33 bits per heavy atom. The zero-order chi connectivity index (χ0) is 10.7. The minimum Gasteiger partial charge on any atom is -0.361 e. The Bertz CT molecular complexity index is 326. The van der Waals surface area contributed by atoms with E-state index in [2.05, 4.69) is 4.79 Å². The largest absolute Gasteiger partial charge is 0.361 e. The highest BCUT2D eigenvalue weighted by atomic mass is 14.9. The van der Waals surface area contributed by atoms with Crippen molar-refractivity contribution < 1.29 is 4.79 Å². The van der Waals surface area contributed by atoms with Crippen LogP contribution in [0.2, 0.25) is 0 Å². The number of allylic oxidation sites excluding steroid dienone is 2. The van der Waals surface area contributed by atoms with Crippen LogP contribution >= 0.6 is 0 Å². The van der Waals surface area contributed by atoms with Crippen molar-refractivity contribution >= 4 is 5.71 Å². The highest BCUT2D eigenvalue weighted by Crippen LogP contribution is 2.33. The van der Waals surface area contributed by atoms with Gasteiger partial charge in [-0.15, -0.1) is 0 Å². The average Bonchev–Trinajstić information content (AvgIpc) is 2.31. The quantitative estimate of drug-likeness (QED) is 0.514. The van der Waals surface area contributed by atoms with Gasteiger partial charge < -0.3 is 11.3 Å². The number of hydrogen-bond acceptors (Lipinski definition) is 1. The van der Waals surface area contributed by atoms with Gasteiger partial charge >= 0.3 is 5.71 Å². The van der Waals surface area contributed by atoms with Gasteiger partial charge in [0.05, 0.1) is 5.54 Å². The van der Waals surface area contributed by atoms with Gasteiger partial charge in [-0.1, -0.05) is 31.4 Å². The molecule has 0 radical (unpaired) electrons. The molecule has 1 saturated carbocycles. The summed E-state index contributed by atoms with van der Waals surface area (Å²) < 4.78 is 0. The lowest BCUT2D eigenvalue weighted by Gasteiger charge is -2.35. The van der Waals surface area contributed by atoms with E-state index in [-0.39, 0.29) is 5.54 Å². The maximum atomic E-state index is 8.62. The van der Waals surface area contributed by atoms with E-state index in [1.54, 1.807) is 12.2 Å². The van der Waals surface area contributed by atoms with Crippen molar-refractivity contribution in [2.24, 2.45) is 11.7 Å². The second-order valence-electron chi connectivity index (χ2n) is 4.53. The first-order valence-electron chi connectivity index (χ1n) is 5.64. The van der Waals surface area contributed by atoms with Gasteiger partial charge in [-0.25, -0.2) is 0 Å². The van der Waals surface area contributed by atoms with Gasteiger partial charge in [-0.05, 0) is 18.8 Å². The molecule has 2 aliphatic carbocycles. The van der Waals surface area contributed by atoms with Crippen LogP contribution in [0, 0.1) is 5.92 Å². The first-order valence-corrected chi connectivity index (χ1v) is 5.64. The molecule has 0 aromatic carbocycles. The lowest BCUT2D eigenvalue weighted by molar-refractivity contribution is -0.00178. The summed E-state index contributed by atoms with van der Waals surface area (Å²) in [6.07, 6.45) is 13.9. The molecule has 0 atom stereocenters. The molecule has 2 aliphatic rings. The third-order valence-electron chi connectivity index (χ3n) is 3.51. The van der Waals surface area contributed by atoms with Gasteiger partial charge in [0.1, 0.15) is 0 Å². The molecule has 0 spiro atoms. The topological polar surface area (TPSA) is 62.4 Å². The number of nitrogens with two attached hydrogens (primary N) is 1. The van der Waals surface area contributed by atoms with Gasteiger partial charge in [-0.3, -0.25) is 0 Å². The standard InChI is InChI=1S/C12H17N3/c13-12(10-4-2-1-3-5-10)8-6-11(15-14)7-9-12/h6-10H,1-5,13H2. The predicted octanol–water partition coefficient (Wildman–Crippen LogP) is 2.06. The van der Waals surface area contributed by atoms with E-state index in [1.807, 2.05) is 12.2 Å². The molecule has 0 amide bonds. The van der Waals surface area contributed by atoms with Gasteiger partial charge in [0.2, 0.25) is 0 Å². The lowest BCUT2D eigenvalue weighted by atomic mass is 9.73. The van der Waals surface area contributed by atoms with Crippen molar-refractivity contribution in [2.45, 2.75) is 37.6 Å². The van der Waals surface area contributed by atoms with E-state index in [1.165, 1.54) is 32.1 Å². The first-order chi connectivity index (χ1) is 7.24. The maximum absolute atomic E-state index is 8.62. The molecular weight excluding hydrogens is 186 g/mol. The van der Waals surface area contributed by atoms with Crippen LogP contribution < -0.4 is 5.73 Å². The molecule has 0 unspecified atom stereocenters. The summed E-state index contributed by atoms with van der Waals surface area (Å²) >= 11 is 0. The second-order valence-corrected chi connectivity index (χ2v) is 4.53. The van der Waals surface area contributed by atoms with Crippen LogP contribution in [0.25, 0.3) is 5.53 Å². The highest BCUT2D eigenvalue weighted by molar-refractivity contribution is 6.01. The molecule has 0 aliphatic heterocycles. The van der Waals surface area contributed by atoms with Crippen LogP contribution in [-0.4, -0.2) is 16.0 Å². The zero-order valence-electron chi connectivity index (χ0n) is 8.89. The Hall–Kier alpha value is -1.18. The Labute approximate surface area is 90.3 Å². The van der Waals surface area contributed by atoms with Gasteiger partial charge in [0, 0.05) is 12.2 Å². The minimum absolute atomic E-state index is 0.325. The van der Waals surface area contributed by atoms with Gasteiger partial charge in [0.25, 0.3) is 0 Å². The fourth-order valence-electron chi connectivity index (χ4n) is 2.51. The number of nitrogens with zero attached hydrogens (tertiary/aromatic N) is 2. The minimum atomic E-state index is -0.325. The molecule has 80 valence electrons. The maximum Gasteiger partial charge on any atom is 0.314 e. The molecular formula is C12H17N3. The predicted molar refractivity (Wildman–Crippen MR) is 60.4 cm³/mol. The van der Waals surface area contributed by atoms with Crippen molar-refractivity contribution in [3.8, 4) is 0 Å². The molecule has 15 heavy (non-hydrogen) atoms. The Kier molecular flexibility index (Phi) is 2.85.